The molecule has 0 N–H and O–H groups in total. The number of amides is 1. The van der Waals surface area contributed by atoms with Crippen molar-refractivity contribution in [1.82, 2.24) is 9.88 Å². The molecule has 0 radical (unpaired) electrons. The topological polar surface area (TPSA) is 36.4 Å². The number of carbonyl (C=O) groups is 1. The second kappa shape index (κ2) is 7.40. The Hall–Kier alpha value is -2.50. The summed E-state index contributed by atoms with van der Waals surface area (Å²) in [6.07, 6.45) is 0.539. The minimum Gasteiger partial charge on any atom is -0.304 e. The van der Waals surface area contributed by atoms with Gasteiger partial charge < -0.3 is 4.90 Å². The van der Waals surface area contributed by atoms with Crippen LogP contribution in [0.5, 0.6) is 0 Å². The largest absolute Gasteiger partial charge is 0.304 e. The Morgan fingerprint density at radius 2 is 1.54 bits per heavy atom. The van der Waals surface area contributed by atoms with Gasteiger partial charge in [0.25, 0.3) is 0 Å². The van der Waals surface area contributed by atoms with Crippen molar-refractivity contribution in [3.8, 4) is 21.7 Å². The van der Waals surface area contributed by atoms with Crippen molar-refractivity contribution >= 4 is 22.4 Å². The van der Waals surface area contributed by atoms with Crippen molar-refractivity contribution in [2.45, 2.75) is 6.42 Å². The average molecular weight is 363 g/mol. The third kappa shape index (κ3) is 3.41. The summed E-state index contributed by atoms with van der Waals surface area (Å²) in [5.41, 5.74) is 3.16. The Bertz CT molecular complexity index is 835. The van der Waals surface area contributed by atoms with Gasteiger partial charge >= 0.3 is 0 Å². The van der Waals surface area contributed by atoms with Gasteiger partial charge in [-0.1, -0.05) is 72.0 Å². The highest BCUT2D eigenvalue weighted by atomic mass is 32.1. The maximum absolute atomic E-state index is 12.6. The first kappa shape index (κ1) is 16.9. The van der Waals surface area contributed by atoms with Crippen LogP contribution in [0.15, 0.2) is 60.7 Å². The fourth-order valence-electron chi connectivity index (χ4n) is 3.13. The van der Waals surface area contributed by atoms with E-state index in [9.17, 15) is 4.79 Å². The highest BCUT2D eigenvalue weighted by Crippen LogP contribution is 2.40. The molecular formula is C21H21N3OS. The Kier molecular flexibility index (Phi) is 4.82. The molecule has 1 aliphatic heterocycles. The molecule has 132 valence electrons. The molecule has 2 heterocycles. The first-order valence-electron chi connectivity index (χ1n) is 8.83. The summed E-state index contributed by atoms with van der Waals surface area (Å²) in [4.78, 5) is 22.7. The van der Waals surface area contributed by atoms with Gasteiger partial charge in [-0.05, 0) is 12.6 Å². The third-order valence-corrected chi connectivity index (χ3v) is 5.77. The molecule has 3 aromatic rings. The van der Waals surface area contributed by atoms with E-state index in [1.807, 2.05) is 41.3 Å². The maximum Gasteiger partial charge on any atom is 0.230 e. The van der Waals surface area contributed by atoms with E-state index in [0.29, 0.717) is 13.0 Å². The molecule has 0 bridgehead atoms. The van der Waals surface area contributed by atoms with E-state index in [4.69, 9.17) is 4.98 Å². The number of rotatable bonds is 3. The summed E-state index contributed by atoms with van der Waals surface area (Å²) >= 11 is 1.60. The van der Waals surface area contributed by atoms with Crippen molar-refractivity contribution in [2.24, 2.45) is 0 Å². The molecule has 2 aromatic carbocycles. The molecule has 4 rings (SSSR count). The fourth-order valence-corrected chi connectivity index (χ4v) is 4.27. The Morgan fingerprint density at radius 1 is 0.885 bits per heavy atom. The van der Waals surface area contributed by atoms with Gasteiger partial charge in [0.2, 0.25) is 5.91 Å². The lowest BCUT2D eigenvalue weighted by Crippen LogP contribution is -2.32. The minimum absolute atomic E-state index is 0.155. The van der Waals surface area contributed by atoms with Gasteiger partial charge in [0, 0.05) is 31.6 Å². The minimum atomic E-state index is 0.155. The highest BCUT2D eigenvalue weighted by Gasteiger charge is 2.25. The van der Waals surface area contributed by atoms with Crippen molar-refractivity contribution in [3.05, 3.63) is 60.7 Å². The lowest BCUT2D eigenvalue weighted by atomic mass is 10.1. The molecule has 1 amide bonds. The number of hydrogen-bond acceptors (Lipinski definition) is 4. The number of benzene rings is 2. The summed E-state index contributed by atoms with van der Waals surface area (Å²) in [6.45, 7) is 2.36. The van der Waals surface area contributed by atoms with Gasteiger partial charge in [0.1, 0.15) is 0 Å². The van der Waals surface area contributed by atoms with Crippen LogP contribution in [0.3, 0.4) is 0 Å². The van der Waals surface area contributed by atoms with Gasteiger partial charge in [-0.25, -0.2) is 4.98 Å². The van der Waals surface area contributed by atoms with Gasteiger partial charge in [0.05, 0.1) is 10.6 Å². The summed E-state index contributed by atoms with van der Waals surface area (Å²) < 4.78 is 0. The number of nitrogens with zero attached hydrogens (tertiary/aromatic N) is 3. The summed E-state index contributed by atoms with van der Waals surface area (Å²) in [6, 6.07) is 20.5. The molecule has 5 heteroatoms. The highest BCUT2D eigenvalue weighted by molar-refractivity contribution is 7.19. The van der Waals surface area contributed by atoms with E-state index < -0.39 is 0 Å². The lowest BCUT2D eigenvalue weighted by molar-refractivity contribution is -0.118. The normalized spacial score (nSPS) is 15.9. The number of aromatic nitrogens is 1. The second-order valence-electron chi connectivity index (χ2n) is 6.50. The monoisotopic (exact) mass is 363 g/mol. The van der Waals surface area contributed by atoms with Crippen LogP contribution in [-0.2, 0) is 4.79 Å². The van der Waals surface area contributed by atoms with Crippen LogP contribution in [0.2, 0.25) is 0 Å². The van der Waals surface area contributed by atoms with Gasteiger partial charge in [-0.3, -0.25) is 9.69 Å². The Labute approximate surface area is 157 Å². The average Bonchev–Trinajstić information content (AvgIpc) is 3.05. The zero-order valence-corrected chi connectivity index (χ0v) is 15.6. The molecule has 0 atom stereocenters. The number of carbonyl (C=O) groups excluding carboxylic acids is 1. The van der Waals surface area contributed by atoms with E-state index in [1.165, 1.54) is 0 Å². The predicted molar refractivity (Wildman–Crippen MR) is 107 cm³/mol. The van der Waals surface area contributed by atoms with E-state index in [-0.39, 0.29) is 5.91 Å². The second-order valence-corrected chi connectivity index (χ2v) is 7.48. The summed E-state index contributed by atoms with van der Waals surface area (Å²) in [7, 11) is 2.06. The number of hydrogen-bond donors (Lipinski definition) is 0. The molecule has 0 aliphatic carbocycles. The number of likely N-dealkylation sites (N-methyl/N-ethyl adjacent to an activating group) is 1. The van der Waals surface area contributed by atoms with Crippen molar-refractivity contribution in [3.63, 3.8) is 0 Å². The number of anilines is 1. The van der Waals surface area contributed by atoms with Gasteiger partial charge in [-0.2, -0.15) is 0 Å². The van der Waals surface area contributed by atoms with E-state index in [2.05, 4.69) is 36.2 Å². The smallest absolute Gasteiger partial charge is 0.230 e. The molecule has 0 unspecified atom stereocenters. The van der Waals surface area contributed by atoms with Crippen LogP contribution in [0.25, 0.3) is 21.7 Å². The maximum atomic E-state index is 12.6. The van der Waals surface area contributed by atoms with Crippen LogP contribution in [0.1, 0.15) is 6.42 Å². The van der Waals surface area contributed by atoms with Crippen LogP contribution in [0, 0.1) is 0 Å². The standard InChI is InChI=1S/C21H21N3OS/c1-23-13-12-18(25)24(15-14-23)21-22-19(16-8-4-2-5-9-16)20(26-21)17-10-6-3-7-11-17/h2-11H,12-15H2,1H3. The van der Waals surface area contributed by atoms with Crippen LogP contribution >= 0.6 is 11.3 Å². The summed E-state index contributed by atoms with van der Waals surface area (Å²) in [5, 5.41) is 0.794. The quantitative estimate of drug-likeness (QED) is 0.701. The fraction of sp³-hybridized carbons (Fsp3) is 0.238. The lowest BCUT2D eigenvalue weighted by Gasteiger charge is -2.17. The molecule has 1 aromatic heterocycles. The first-order valence-corrected chi connectivity index (χ1v) is 9.64. The van der Waals surface area contributed by atoms with Crippen LogP contribution in [0.4, 0.5) is 5.13 Å². The Balaban J connectivity index is 1.80. The summed E-state index contributed by atoms with van der Waals surface area (Å²) in [5.74, 6) is 0.155. The number of thiazole rings is 1. The zero-order chi connectivity index (χ0) is 17.9. The van der Waals surface area contributed by atoms with Crippen molar-refractivity contribution in [2.75, 3.05) is 31.6 Å². The molecule has 0 saturated carbocycles. The van der Waals surface area contributed by atoms with E-state index in [1.54, 1.807) is 11.3 Å². The van der Waals surface area contributed by atoms with Gasteiger partial charge in [0.15, 0.2) is 5.13 Å². The van der Waals surface area contributed by atoms with Crippen molar-refractivity contribution < 1.29 is 4.79 Å². The van der Waals surface area contributed by atoms with Gasteiger partial charge in [-0.15, -0.1) is 0 Å². The first-order chi connectivity index (χ1) is 12.7. The molecule has 26 heavy (non-hydrogen) atoms. The Morgan fingerprint density at radius 3 is 2.23 bits per heavy atom. The molecule has 1 saturated heterocycles. The molecule has 1 aliphatic rings. The molecule has 4 nitrogen and oxygen atoms in total. The van der Waals surface area contributed by atoms with Crippen molar-refractivity contribution in [1.29, 1.82) is 0 Å². The SMILES string of the molecule is CN1CCC(=O)N(c2nc(-c3ccccc3)c(-c3ccccc3)s2)CC1. The third-order valence-electron chi connectivity index (χ3n) is 4.64. The van der Waals surface area contributed by atoms with Crippen LogP contribution in [-0.4, -0.2) is 42.5 Å². The molecule has 1 fully saturated rings. The van der Waals surface area contributed by atoms with E-state index in [0.717, 1.165) is 39.9 Å². The zero-order valence-electron chi connectivity index (χ0n) is 14.8. The molecular weight excluding hydrogens is 342 g/mol. The molecule has 0 spiro atoms. The van der Waals surface area contributed by atoms with E-state index >= 15 is 0 Å². The predicted octanol–water partition coefficient (Wildman–Crippen LogP) is 4.15. The van der Waals surface area contributed by atoms with Crippen LogP contribution < -0.4 is 4.90 Å².